The highest BCUT2D eigenvalue weighted by Crippen LogP contribution is 2.29. The Morgan fingerprint density at radius 1 is 1.21 bits per heavy atom. The molecule has 0 saturated carbocycles. The van der Waals surface area contributed by atoms with Crippen molar-refractivity contribution in [3.05, 3.63) is 53.3 Å². The van der Waals surface area contributed by atoms with Gasteiger partial charge in [0.15, 0.2) is 0 Å². The molecule has 0 saturated heterocycles. The van der Waals surface area contributed by atoms with Gasteiger partial charge < -0.3 is 10.3 Å². The van der Waals surface area contributed by atoms with Crippen LogP contribution in [0.5, 0.6) is 0 Å². The molecule has 3 aromatic rings. The Labute approximate surface area is 115 Å². The molecule has 0 spiro atoms. The highest BCUT2D eigenvalue weighted by molar-refractivity contribution is 6.35. The van der Waals surface area contributed by atoms with E-state index >= 15 is 0 Å². The molecule has 0 aliphatic carbocycles. The number of nitrogens with two attached hydrogens (primary N) is 1. The standard InChI is InChI=1S/C14H13ClN4/c1-9(11-6-2-3-8-17-11)19-12-7-4-5-10(15)13(12)18-14(19)16/h2-9H,1H3,(H2,16,18). The van der Waals surface area contributed by atoms with E-state index in [2.05, 4.69) is 9.97 Å². The Hall–Kier alpha value is -2.07. The highest BCUT2D eigenvalue weighted by atomic mass is 35.5. The van der Waals surface area contributed by atoms with Crippen LogP contribution in [-0.2, 0) is 0 Å². The molecule has 2 N–H and O–H groups in total. The van der Waals surface area contributed by atoms with Gasteiger partial charge in [0.05, 0.1) is 22.3 Å². The first kappa shape index (κ1) is 12.0. The van der Waals surface area contributed by atoms with Crippen LogP contribution in [0.3, 0.4) is 0 Å². The van der Waals surface area contributed by atoms with Gasteiger partial charge in [-0.25, -0.2) is 4.98 Å². The monoisotopic (exact) mass is 272 g/mol. The maximum atomic E-state index is 6.15. The summed E-state index contributed by atoms with van der Waals surface area (Å²) in [5.41, 5.74) is 8.61. The van der Waals surface area contributed by atoms with Gasteiger partial charge in [-0.05, 0) is 31.2 Å². The van der Waals surface area contributed by atoms with Gasteiger partial charge in [-0.3, -0.25) is 4.98 Å². The number of para-hydroxylation sites is 1. The first-order valence-corrected chi connectivity index (χ1v) is 6.39. The summed E-state index contributed by atoms with van der Waals surface area (Å²) in [4.78, 5) is 8.71. The Kier molecular flexibility index (Phi) is 2.87. The summed E-state index contributed by atoms with van der Waals surface area (Å²) < 4.78 is 1.95. The summed E-state index contributed by atoms with van der Waals surface area (Å²) >= 11 is 6.15. The number of imidazole rings is 1. The SMILES string of the molecule is CC(c1ccccn1)n1c(N)nc2c(Cl)cccc21. The number of pyridine rings is 1. The van der Waals surface area contributed by atoms with Crippen LogP contribution in [-0.4, -0.2) is 14.5 Å². The van der Waals surface area contributed by atoms with E-state index in [1.165, 1.54) is 0 Å². The normalized spacial score (nSPS) is 12.7. The van der Waals surface area contributed by atoms with E-state index in [0.717, 1.165) is 16.7 Å². The molecule has 0 fully saturated rings. The largest absolute Gasteiger partial charge is 0.369 e. The van der Waals surface area contributed by atoms with E-state index in [4.69, 9.17) is 17.3 Å². The molecule has 4 nitrogen and oxygen atoms in total. The van der Waals surface area contributed by atoms with Crippen molar-refractivity contribution < 1.29 is 0 Å². The van der Waals surface area contributed by atoms with Crippen molar-refractivity contribution in [3.63, 3.8) is 0 Å². The lowest BCUT2D eigenvalue weighted by molar-refractivity contribution is 0.647. The summed E-state index contributed by atoms with van der Waals surface area (Å²) in [5, 5.41) is 0.608. The first-order chi connectivity index (χ1) is 9.18. The topological polar surface area (TPSA) is 56.7 Å². The Morgan fingerprint density at radius 3 is 2.79 bits per heavy atom. The molecule has 3 rings (SSSR count). The Balaban J connectivity index is 2.20. The predicted octanol–water partition coefficient (Wildman–Crippen LogP) is 3.28. The smallest absolute Gasteiger partial charge is 0.201 e. The molecular weight excluding hydrogens is 260 g/mol. The van der Waals surface area contributed by atoms with Crippen molar-refractivity contribution in [2.75, 3.05) is 5.73 Å². The summed E-state index contributed by atoms with van der Waals surface area (Å²) in [7, 11) is 0. The average Bonchev–Trinajstić information content (AvgIpc) is 2.77. The van der Waals surface area contributed by atoms with Crippen molar-refractivity contribution in [1.82, 2.24) is 14.5 Å². The zero-order chi connectivity index (χ0) is 13.4. The fourth-order valence-electron chi connectivity index (χ4n) is 2.26. The van der Waals surface area contributed by atoms with Crippen LogP contribution in [0.4, 0.5) is 5.95 Å². The van der Waals surface area contributed by atoms with Gasteiger partial charge in [-0.1, -0.05) is 23.7 Å². The number of fused-ring (bicyclic) bond motifs is 1. The van der Waals surface area contributed by atoms with Crippen LogP contribution < -0.4 is 5.73 Å². The molecule has 96 valence electrons. The van der Waals surface area contributed by atoms with E-state index in [9.17, 15) is 0 Å². The van der Waals surface area contributed by atoms with Crippen LogP contribution in [0.25, 0.3) is 11.0 Å². The van der Waals surface area contributed by atoms with Crippen molar-refractivity contribution in [2.45, 2.75) is 13.0 Å². The van der Waals surface area contributed by atoms with Gasteiger partial charge in [0.1, 0.15) is 5.52 Å². The van der Waals surface area contributed by atoms with E-state index in [0.29, 0.717) is 11.0 Å². The highest BCUT2D eigenvalue weighted by Gasteiger charge is 2.17. The van der Waals surface area contributed by atoms with E-state index in [1.54, 1.807) is 6.20 Å². The lowest BCUT2D eigenvalue weighted by atomic mass is 10.2. The van der Waals surface area contributed by atoms with Crippen LogP contribution in [0.15, 0.2) is 42.6 Å². The lowest BCUT2D eigenvalue weighted by Crippen LogP contribution is -2.11. The Morgan fingerprint density at radius 2 is 2.05 bits per heavy atom. The molecule has 0 aliphatic heterocycles. The second-order valence-corrected chi connectivity index (χ2v) is 4.79. The molecule has 1 aromatic carbocycles. The maximum Gasteiger partial charge on any atom is 0.201 e. The second kappa shape index (κ2) is 4.55. The molecule has 0 aliphatic rings. The third-order valence-corrected chi connectivity index (χ3v) is 3.51. The number of rotatable bonds is 2. The number of anilines is 1. The Bertz CT molecular complexity index is 721. The zero-order valence-corrected chi connectivity index (χ0v) is 11.2. The van der Waals surface area contributed by atoms with Gasteiger partial charge in [0, 0.05) is 6.20 Å². The van der Waals surface area contributed by atoms with Crippen molar-refractivity contribution in [2.24, 2.45) is 0 Å². The van der Waals surface area contributed by atoms with Gasteiger partial charge >= 0.3 is 0 Å². The first-order valence-electron chi connectivity index (χ1n) is 6.01. The molecule has 0 amide bonds. The molecule has 1 unspecified atom stereocenters. The number of benzene rings is 1. The number of aromatic nitrogens is 3. The summed E-state index contributed by atoms with van der Waals surface area (Å²) in [5.74, 6) is 0.446. The van der Waals surface area contributed by atoms with E-state index in [-0.39, 0.29) is 6.04 Å². The van der Waals surface area contributed by atoms with Crippen LogP contribution >= 0.6 is 11.6 Å². The van der Waals surface area contributed by atoms with Crippen molar-refractivity contribution in [1.29, 1.82) is 0 Å². The quantitative estimate of drug-likeness (QED) is 0.779. The molecule has 0 bridgehead atoms. The number of hydrogen-bond acceptors (Lipinski definition) is 3. The van der Waals surface area contributed by atoms with E-state index in [1.807, 2.05) is 47.9 Å². The molecule has 5 heteroatoms. The van der Waals surface area contributed by atoms with Gasteiger partial charge in [0.25, 0.3) is 0 Å². The molecule has 2 aromatic heterocycles. The summed E-state index contributed by atoms with van der Waals surface area (Å²) in [6.07, 6.45) is 1.77. The van der Waals surface area contributed by atoms with Crippen molar-refractivity contribution in [3.8, 4) is 0 Å². The zero-order valence-electron chi connectivity index (χ0n) is 10.4. The van der Waals surface area contributed by atoms with Crippen molar-refractivity contribution >= 4 is 28.6 Å². The fourth-order valence-corrected chi connectivity index (χ4v) is 2.48. The number of hydrogen-bond donors (Lipinski definition) is 1. The molecule has 2 heterocycles. The van der Waals surface area contributed by atoms with Crippen LogP contribution in [0, 0.1) is 0 Å². The molecule has 1 atom stereocenters. The van der Waals surface area contributed by atoms with E-state index < -0.39 is 0 Å². The van der Waals surface area contributed by atoms with Gasteiger partial charge in [0.2, 0.25) is 5.95 Å². The number of nitrogen functional groups attached to an aromatic ring is 1. The number of halogens is 1. The minimum absolute atomic E-state index is 0.00432. The molecular formula is C14H13ClN4. The summed E-state index contributed by atoms with van der Waals surface area (Å²) in [6.45, 7) is 2.04. The predicted molar refractivity (Wildman–Crippen MR) is 77.2 cm³/mol. The van der Waals surface area contributed by atoms with Gasteiger partial charge in [-0.15, -0.1) is 0 Å². The number of nitrogens with zero attached hydrogens (tertiary/aromatic N) is 3. The molecule has 19 heavy (non-hydrogen) atoms. The minimum Gasteiger partial charge on any atom is -0.369 e. The minimum atomic E-state index is 0.00432. The lowest BCUT2D eigenvalue weighted by Gasteiger charge is -2.15. The van der Waals surface area contributed by atoms with Crippen LogP contribution in [0.2, 0.25) is 5.02 Å². The second-order valence-electron chi connectivity index (χ2n) is 4.38. The fraction of sp³-hybridized carbons (Fsp3) is 0.143. The average molecular weight is 273 g/mol. The van der Waals surface area contributed by atoms with Crippen LogP contribution in [0.1, 0.15) is 18.7 Å². The third kappa shape index (κ3) is 1.94. The summed E-state index contributed by atoms with van der Waals surface area (Å²) in [6, 6.07) is 11.5. The molecule has 0 radical (unpaired) electrons. The third-order valence-electron chi connectivity index (χ3n) is 3.20. The maximum absolute atomic E-state index is 6.15. The van der Waals surface area contributed by atoms with Gasteiger partial charge in [-0.2, -0.15) is 0 Å².